The van der Waals surface area contributed by atoms with Crippen LogP contribution in [0.5, 0.6) is 5.75 Å². The Balaban J connectivity index is 1.82. The second-order valence-electron chi connectivity index (χ2n) is 5.43. The van der Waals surface area contributed by atoms with Crippen molar-refractivity contribution in [3.05, 3.63) is 60.2 Å². The summed E-state index contributed by atoms with van der Waals surface area (Å²) in [5.74, 6) is -0.476. The van der Waals surface area contributed by atoms with Crippen LogP contribution in [0.2, 0.25) is 0 Å². The molecule has 5 heteroatoms. The number of nitrogens with one attached hydrogen (secondary N) is 2. The fourth-order valence-corrected chi connectivity index (χ4v) is 2.21. The van der Waals surface area contributed by atoms with Crippen molar-refractivity contribution in [1.29, 1.82) is 0 Å². The SMILES string of the molecule is CCOc1ccc(NC(=O)C(=O)NCC(C)c2ccccc2)cc1. The maximum absolute atomic E-state index is 11.9. The number of benzene rings is 2. The highest BCUT2D eigenvalue weighted by molar-refractivity contribution is 6.39. The van der Waals surface area contributed by atoms with Crippen LogP contribution in [-0.4, -0.2) is 25.0 Å². The van der Waals surface area contributed by atoms with Crippen LogP contribution in [0.15, 0.2) is 54.6 Å². The lowest BCUT2D eigenvalue weighted by atomic mass is 10.0. The zero-order valence-corrected chi connectivity index (χ0v) is 13.9. The molecule has 0 aromatic heterocycles. The Hall–Kier alpha value is -2.82. The van der Waals surface area contributed by atoms with Gasteiger partial charge in [0.2, 0.25) is 0 Å². The largest absolute Gasteiger partial charge is 0.494 e. The molecule has 1 atom stereocenters. The van der Waals surface area contributed by atoms with Gasteiger partial charge in [-0.2, -0.15) is 0 Å². The number of hydrogen-bond donors (Lipinski definition) is 2. The fraction of sp³-hybridized carbons (Fsp3) is 0.263. The minimum Gasteiger partial charge on any atom is -0.494 e. The molecule has 2 N–H and O–H groups in total. The maximum atomic E-state index is 11.9. The van der Waals surface area contributed by atoms with Gasteiger partial charge in [0.25, 0.3) is 0 Å². The van der Waals surface area contributed by atoms with Crippen LogP contribution in [-0.2, 0) is 9.59 Å². The molecule has 5 nitrogen and oxygen atoms in total. The third-order valence-corrected chi connectivity index (χ3v) is 3.57. The average Bonchev–Trinajstić information content (AvgIpc) is 2.62. The summed E-state index contributed by atoms with van der Waals surface area (Å²) < 4.78 is 5.33. The van der Waals surface area contributed by atoms with Gasteiger partial charge in [-0.05, 0) is 42.7 Å². The molecule has 2 amide bonds. The van der Waals surface area contributed by atoms with E-state index in [9.17, 15) is 9.59 Å². The molecule has 1 unspecified atom stereocenters. The summed E-state index contributed by atoms with van der Waals surface area (Å²) in [6.45, 7) is 4.88. The Morgan fingerprint density at radius 3 is 2.29 bits per heavy atom. The summed E-state index contributed by atoms with van der Waals surface area (Å²) in [6.07, 6.45) is 0. The van der Waals surface area contributed by atoms with Gasteiger partial charge in [0.1, 0.15) is 5.75 Å². The highest BCUT2D eigenvalue weighted by Crippen LogP contribution is 2.16. The number of amides is 2. The molecule has 0 aliphatic carbocycles. The molecule has 0 radical (unpaired) electrons. The Morgan fingerprint density at radius 2 is 1.67 bits per heavy atom. The molecular weight excluding hydrogens is 304 g/mol. The minimum atomic E-state index is -0.681. The molecule has 2 aromatic rings. The van der Waals surface area contributed by atoms with Crippen LogP contribution in [0, 0.1) is 0 Å². The molecule has 24 heavy (non-hydrogen) atoms. The smallest absolute Gasteiger partial charge is 0.313 e. The van der Waals surface area contributed by atoms with Crippen LogP contribution >= 0.6 is 0 Å². The van der Waals surface area contributed by atoms with Gasteiger partial charge >= 0.3 is 11.8 Å². The Bertz CT molecular complexity index is 669. The van der Waals surface area contributed by atoms with Gasteiger partial charge in [0.15, 0.2) is 0 Å². The van der Waals surface area contributed by atoms with Crippen molar-refractivity contribution in [3.8, 4) is 5.75 Å². The quantitative estimate of drug-likeness (QED) is 0.802. The molecule has 2 rings (SSSR count). The van der Waals surface area contributed by atoms with E-state index in [0.29, 0.717) is 18.8 Å². The third kappa shape index (κ3) is 5.12. The Labute approximate surface area is 142 Å². The summed E-state index contributed by atoms with van der Waals surface area (Å²) in [5.41, 5.74) is 1.67. The zero-order valence-electron chi connectivity index (χ0n) is 13.9. The van der Waals surface area contributed by atoms with Gasteiger partial charge in [-0.25, -0.2) is 0 Å². The fourth-order valence-electron chi connectivity index (χ4n) is 2.21. The van der Waals surface area contributed by atoms with Crippen LogP contribution in [0.4, 0.5) is 5.69 Å². The summed E-state index contributed by atoms with van der Waals surface area (Å²) in [5, 5.41) is 5.22. The highest BCUT2D eigenvalue weighted by Gasteiger charge is 2.15. The standard InChI is InChI=1S/C19H22N2O3/c1-3-24-17-11-9-16(10-12-17)21-19(23)18(22)20-13-14(2)15-7-5-4-6-8-15/h4-12,14H,3,13H2,1-2H3,(H,20,22)(H,21,23). The van der Waals surface area contributed by atoms with Crippen LogP contribution in [0.3, 0.4) is 0 Å². The van der Waals surface area contributed by atoms with E-state index in [1.165, 1.54) is 0 Å². The van der Waals surface area contributed by atoms with Gasteiger partial charge in [-0.3, -0.25) is 9.59 Å². The van der Waals surface area contributed by atoms with Gasteiger partial charge in [0.05, 0.1) is 6.61 Å². The van der Waals surface area contributed by atoms with Crippen LogP contribution < -0.4 is 15.4 Å². The van der Waals surface area contributed by atoms with E-state index < -0.39 is 11.8 Å². The molecule has 0 aliphatic rings. The first-order chi connectivity index (χ1) is 11.6. The molecule has 2 aromatic carbocycles. The van der Waals surface area contributed by atoms with E-state index in [-0.39, 0.29) is 5.92 Å². The lowest BCUT2D eigenvalue weighted by Gasteiger charge is -2.13. The van der Waals surface area contributed by atoms with Crippen molar-refractivity contribution in [2.45, 2.75) is 19.8 Å². The lowest BCUT2D eigenvalue weighted by molar-refractivity contribution is -0.136. The van der Waals surface area contributed by atoms with E-state index in [1.54, 1.807) is 24.3 Å². The van der Waals surface area contributed by atoms with Crippen molar-refractivity contribution >= 4 is 17.5 Å². The predicted molar refractivity (Wildman–Crippen MR) is 94.1 cm³/mol. The van der Waals surface area contributed by atoms with E-state index in [1.807, 2.05) is 44.2 Å². The third-order valence-electron chi connectivity index (χ3n) is 3.57. The maximum Gasteiger partial charge on any atom is 0.313 e. The number of carbonyl (C=O) groups is 2. The molecule has 126 valence electrons. The van der Waals surface area contributed by atoms with Crippen LogP contribution in [0.25, 0.3) is 0 Å². The molecule has 0 bridgehead atoms. The molecule has 0 heterocycles. The van der Waals surface area contributed by atoms with Gasteiger partial charge < -0.3 is 15.4 Å². The number of anilines is 1. The number of hydrogen-bond acceptors (Lipinski definition) is 3. The van der Waals surface area contributed by atoms with E-state index in [4.69, 9.17) is 4.74 Å². The lowest BCUT2D eigenvalue weighted by Crippen LogP contribution is -2.37. The van der Waals surface area contributed by atoms with Crippen molar-refractivity contribution < 1.29 is 14.3 Å². The molecular formula is C19H22N2O3. The van der Waals surface area contributed by atoms with Crippen molar-refractivity contribution in [2.24, 2.45) is 0 Å². The summed E-state index contributed by atoms with van der Waals surface area (Å²) in [6, 6.07) is 16.7. The molecule has 0 saturated heterocycles. The molecule has 0 saturated carbocycles. The highest BCUT2D eigenvalue weighted by atomic mass is 16.5. The monoisotopic (exact) mass is 326 g/mol. The second kappa shape index (κ2) is 8.72. The normalized spacial score (nSPS) is 11.4. The topological polar surface area (TPSA) is 67.4 Å². The second-order valence-corrected chi connectivity index (χ2v) is 5.43. The number of ether oxygens (including phenoxy) is 1. The Kier molecular flexibility index (Phi) is 6.37. The first-order valence-corrected chi connectivity index (χ1v) is 7.97. The predicted octanol–water partition coefficient (Wildman–Crippen LogP) is 2.94. The molecule has 0 spiro atoms. The first-order valence-electron chi connectivity index (χ1n) is 7.97. The van der Waals surface area contributed by atoms with E-state index in [2.05, 4.69) is 10.6 Å². The van der Waals surface area contributed by atoms with Crippen LogP contribution in [0.1, 0.15) is 25.3 Å². The van der Waals surface area contributed by atoms with Gasteiger partial charge in [-0.15, -0.1) is 0 Å². The summed E-state index contributed by atoms with van der Waals surface area (Å²) in [7, 11) is 0. The van der Waals surface area contributed by atoms with Crippen molar-refractivity contribution in [3.63, 3.8) is 0 Å². The van der Waals surface area contributed by atoms with Crippen molar-refractivity contribution in [1.82, 2.24) is 5.32 Å². The average molecular weight is 326 g/mol. The molecule has 0 aliphatic heterocycles. The summed E-state index contributed by atoms with van der Waals surface area (Å²) in [4.78, 5) is 23.8. The number of carbonyl (C=O) groups excluding carboxylic acids is 2. The minimum absolute atomic E-state index is 0.133. The summed E-state index contributed by atoms with van der Waals surface area (Å²) >= 11 is 0. The van der Waals surface area contributed by atoms with E-state index >= 15 is 0 Å². The first kappa shape index (κ1) is 17.5. The van der Waals surface area contributed by atoms with E-state index in [0.717, 1.165) is 11.3 Å². The van der Waals surface area contributed by atoms with Crippen molar-refractivity contribution in [2.75, 3.05) is 18.5 Å². The van der Waals surface area contributed by atoms with Gasteiger partial charge in [0, 0.05) is 12.2 Å². The number of rotatable bonds is 6. The van der Waals surface area contributed by atoms with Gasteiger partial charge in [-0.1, -0.05) is 37.3 Å². The Morgan fingerprint density at radius 1 is 1.00 bits per heavy atom. The molecule has 0 fully saturated rings. The zero-order chi connectivity index (χ0) is 17.4.